The number of imidazole rings is 1. The summed E-state index contributed by atoms with van der Waals surface area (Å²) in [7, 11) is -7.33. The zero-order chi connectivity index (χ0) is 23.0. The molecule has 1 aromatic heterocycles. The number of aromatic nitrogens is 2. The van der Waals surface area contributed by atoms with Crippen molar-refractivity contribution in [1.82, 2.24) is 9.97 Å². The molecule has 1 aromatic carbocycles. The molecule has 14 heteroatoms. The van der Waals surface area contributed by atoms with Crippen molar-refractivity contribution < 1.29 is 30.7 Å². The Morgan fingerprint density at radius 2 is 1.48 bits per heavy atom. The van der Waals surface area contributed by atoms with Crippen LogP contribution in [-0.2, 0) is 20.2 Å². The van der Waals surface area contributed by atoms with Crippen LogP contribution in [0.15, 0.2) is 29.3 Å². The number of carbonyl (C=O) groups excluding carboxylic acids is 1. The molecule has 0 radical (unpaired) electrons. The normalized spacial score (nSPS) is 10.7. The minimum absolute atomic E-state index is 0.228. The van der Waals surface area contributed by atoms with Crippen LogP contribution >= 0.6 is 0 Å². The molecule has 0 saturated carbocycles. The molecule has 0 bridgehead atoms. The van der Waals surface area contributed by atoms with Crippen molar-refractivity contribution in [3.63, 3.8) is 0 Å². The second kappa shape index (κ2) is 10.7. The van der Waals surface area contributed by atoms with Gasteiger partial charge in [-0.1, -0.05) is 24.3 Å². The highest BCUT2D eigenvalue weighted by Crippen LogP contribution is 2.21. The van der Waals surface area contributed by atoms with Gasteiger partial charge in [0, 0.05) is 11.3 Å². The van der Waals surface area contributed by atoms with Gasteiger partial charge in [-0.15, -0.1) is 0 Å². The van der Waals surface area contributed by atoms with Crippen LogP contribution in [0.25, 0.3) is 11.4 Å². The number of aliphatic imine (C=N–C) groups is 1. The molecule has 0 saturated heterocycles. The van der Waals surface area contributed by atoms with Gasteiger partial charge in [0.25, 0.3) is 20.2 Å². The van der Waals surface area contributed by atoms with Crippen molar-refractivity contribution in [3.8, 4) is 11.4 Å². The molecule has 0 aliphatic heterocycles. The number of aromatic amines is 1. The van der Waals surface area contributed by atoms with Gasteiger partial charge in [-0.3, -0.25) is 13.9 Å². The standard InChI is InChI=1S/C13H15N5O.2CH4O3S/c1-7-5-3-4-6-9(7)11-16-8(2)10(17-11)12(19)18-13(14)15;2*1-5(2,3)4/h3-6H,1-2H3,(H,16,17)(H4,14,15,18,19);2*1H3,(H,2,3,4). The summed E-state index contributed by atoms with van der Waals surface area (Å²) >= 11 is 0. The number of rotatable bonds is 2. The number of guanidine groups is 1. The van der Waals surface area contributed by atoms with E-state index in [9.17, 15) is 21.6 Å². The Bertz CT molecular complexity index is 1040. The smallest absolute Gasteiger partial charge is 0.300 e. The van der Waals surface area contributed by atoms with E-state index in [1.54, 1.807) is 6.92 Å². The van der Waals surface area contributed by atoms with Crippen LogP contribution in [0.1, 0.15) is 21.7 Å². The molecular formula is C15H23N5O7S2. The first kappa shape index (κ1) is 26.2. The van der Waals surface area contributed by atoms with E-state index in [2.05, 4.69) is 15.0 Å². The van der Waals surface area contributed by atoms with Gasteiger partial charge in [-0.2, -0.15) is 21.8 Å². The number of nitrogens with one attached hydrogen (secondary N) is 1. The maximum Gasteiger partial charge on any atom is 0.300 e. The van der Waals surface area contributed by atoms with Crippen LogP contribution in [0.3, 0.4) is 0 Å². The summed E-state index contributed by atoms with van der Waals surface area (Å²) in [6.45, 7) is 3.73. The lowest BCUT2D eigenvalue weighted by atomic mass is 10.1. The molecule has 2 rings (SSSR count). The highest BCUT2D eigenvalue weighted by Gasteiger charge is 2.16. The quantitative estimate of drug-likeness (QED) is 0.236. The Morgan fingerprint density at radius 1 is 1.03 bits per heavy atom. The average molecular weight is 450 g/mol. The largest absolute Gasteiger partial charge is 0.370 e. The Kier molecular flexibility index (Phi) is 9.62. The molecule has 7 N–H and O–H groups in total. The molecule has 162 valence electrons. The summed E-state index contributed by atoms with van der Waals surface area (Å²) in [5.41, 5.74) is 13.3. The van der Waals surface area contributed by atoms with Gasteiger partial charge in [-0.05, 0) is 19.4 Å². The van der Waals surface area contributed by atoms with E-state index in [0.29, 0.717) is 24.0 Å². The van der Waals surface area contributed by atoms with Crippen LogP contribution < -0.4 is 11.5 Å². The number of hydrogen-bond donors (Lipinski definition) is 5. The molecule has 0 aliphatic rings. The SMILES string of the molecule is CS(=O)(=O)O.CS(=O)(=O)O.Cc1ccccc1-c1nc(C(=O)N=C(N)N)c(C)[nH]1. The predicted octanol–water partition coefficient (Wildman–Crippen LogP) is 0.115. The number of carbonyl (C=O) groups is 1. The molecule has 1 heterocycles. The summed E-state index contributed by atoms with van der Waals surface area (Å²) < 4.78 is 51.7. The fraction of sp³-hybridized carbons (Fsp3) is 0.267. The fourth-order valence-electron chi connectivity index (χ4n) is 1.80. The Balaban J connectivity index is 0.000000653. The Morgan fingerprint density at radius 3 is 1.90 bits per heavy atom. The molecular weight excluding hydrogens is 426 g/mol. The molecule has 12 nitrogen and oxygen atoms in total. The molecule has 0 spiro atoms. The molecule has 2 aromatic rings. The van der Waals surface area contributed by atoms with E-state index in [-0.39, 0.29) is 11.7 Å². The summed E-state index contributed by atoms with van der Waals surface area (Å²) in [6, 6.07) is 7.77. The van der Waals surface area contributed by atoms with E-state index in [1.807, 2.05) is 31.2 Å². The molecule has 0 unspecified atom stereocenters. The van der Waals surface area contributed by atoms with Crippen LogP contribution in [0.5, 0.6) is 0 Å². The molecule has 29 heavy (non-hydrogen) atoms. The van der Waals surface area contributed by atoms with Crippen LogP contribution in [0, 0.1) is 13.8 Å². The Labute approximate surface area is 168 Å². The lowest BCUT2D eigenvalue weighted by molar-refractivity contribution is 0.0998. The third-order valence-electron chi connectivity index (χ3n) is 2.72. The number of nitrogens with zero attached hydrogens (tertiary/aromatic N) is 2. The number of hydrogen-bond acceptors (Lipinski definition) is 6. The highest BCUT2D eigenvalue weighted by atomic mass is 32.2. The first-order valence-corrected chi connectivity index (χ1v) is 11.3. The van der Waals surface area contributed by atoms with Crippen LogP contribution in [0.2, 0.25) is 0 Å². The van der Waals surface area contributed by atoms with Gasteiger partial charge in [-0.25, -0.2) is 4.98 Å². The van der Waals surface area contributed by atoms with Gasteiger partial charge in [0.15, 0.2) is 11.7 Å². The van der Waals surface area contributed by atoms with Crippen molar-refractivity contribution in [2.24, 2.45) is 16.5 Å². The molecule has 0 aliphatic carbocycles. The summed E-state index contributed by atoms with van der Waals surface area (Å²) in [6.07, 6.45) is 1.43. The van der Waals surface area contributed by atoms with Gasteiger partial charge >= 0.3 is 5.91 Å². The highest BCUT2D eigenvalue weighted by molar-refractivity contribution is 7.85. The molecule has 0 atom stereocenters. The van der Waals surface area contributed by atoms with Crippen molar-refractivity contribution in [2.45, 2.75) is 13.8 Å². The lowest BCUT2D eigenvalue weighted by Crippen LogP contribution is -2.24. The van der Waals surface area contributed by atoms with E-state index >= 15 is 0 Å². The third-order valence-corrected chi connectivity index (χ3v) is 2.72. The number of aryl methyl sites for hydroxylation is 2. The maximum atomic E-state index is 11.8. The van der Waals surface area contributed by atoms with E-state index in [4.69, 9.17) is 20.6 Å². The molecule has 1 amide bonds. The second-order valence-electron chi connectivity index (χ2n) is 5.68. The number of amides is 1. The Hall–Kier alpha value is -2.81. The number of benzene rings is 1. The zero-order valence-corrected chi connectivity index (χ0v) is 17.7. The summed E-state index contributed by atoms with van der Waals surface area (Å²) in [5, 5.41) is 0. The first-order valence-electron chi connectivity index (χ1n) is 7.60. The second-order valence-corrected chi connectivity index (χ2v) is 8.61. The summed E-state index contributed by atoms with van der Waals surface area (Å²) in [5.74, 6) is -0.192. The van der Waals surface area contributed by atoms with Gasteiger partial charge < -0.3 is 16.5 Å². The van der Waals surface area contributed by atoms with Gasteiger partial charge in [0.05, 0.1) is 12.5 Å². The molecule has 0 fully saturated rings. The van der Waals surface area contributed by atoms with E-state index in [0.717, 1.165) is 11.1 Å². The van der Waals surface area contributed by atoms with E-state index in [1.165, 1.54) is 0 Å². The van der Waals surface area contributed by atoms with E-state index < -0.39 is 26.1 Å². The van der Waals surface area contributed by atoms with Crippen molar-refractivity contribution in [1.29, 1.82) is 0 Å². The average Bonchev–Trinajstić information content (AvgIpc) is 2.85. The van der Waals surface area contributed by atoms with Crippen molar-refractivity contribution in [2.75, 3.05) is 12.5 Å². The zero-order valence-electron chi connectivity index (χ0n) is 16.1. The topological polar surface area (TPSA) is 219 Å². The fourth-order valence-corrected chi connectivity index (χ4v) is 1.80. The van der Waals surface area contributed by atoms with Gasteiger partial charge in [0.2, 0.25) is 0 Å². The van der Waals surface area contributed by atoms with Crippen LogP contribution in [-0.4, -0.2) is 60.3 Å². The number of nitrogens with two attached hydrogens (primary N) is 2. The minimum Gasteiger partial charge on any atom is -0.370 e. The van der Waals surface area contributed by atoms with Crippen molar-refractivity contribution in [3.05, 3.63) is 41.2 Å². The minimum atomic E-state index is -3.67. The maximum absolute atomic E-state index is 11.8. The third kappa shape index (κ3) is 13.1. The van der Waals surface area contributed by atoms with Gasteiger partial charge in [0.1, 0.15) is 5.82 Å². The number of H-pyrrole nitrogens is 1. The van der Waals surface area contributed by atoms with Crippen LogP contribution in [0.4, 0.5) is 0 Å². The monoisotopic (exact) mass is 449 g/mol. The lowest BCUT2D eigenvalue weighted by Gasteiger charge is -2.00. The van der Waals surface area contributed by atoms with Crippen molar-refractivity contribution >= 4 is 32.1 Å². The predicted molar refractivity (Wildman–Crippen MR) is 109 cm³/mol. The summed E-state index contributed by atoms with van der Waals surface area (Å²) in [4.78, 5) is 22.6. The first-order chi connectivity index (χ1) is 13.0.